The maximum absolute atomic E-state index is 9.06. The zero-order valence-electron chi connectivity index (χ0n) is 8.04. The average molecular weight is 252 g/mol. The first kappa shape index (κ1) is 12.4. The van der Waals surface area contributed by atoms with Crippen molar-refractivity contribution in [1.82, 2.24) is 9.97 Å². The van der Waals surface area contributed by atoms with Crippen molar-refractivity contribution in [3.63, 3.8) is 0 Å². The summed E-state index contributed by atoms with van der Waals surface area (Å²) in [5.74, 6) is 0.280. The lowest BCUT2D eigenvalue weighted by atomic mass is 10.1. The largest absolute Gasteiger partial charge is 0.394 e. The molecule has 1 rings (SSSR count). The Bertz CT molecular complexity index is 345. The van der Waals surface area contributed by atoms with Gasteiger partial charge in [0.05, 0.1) is 24.9 Å². The molecule has 1 aromatic heterocycles. The molecule has 0 aliphatic heterocycles. The lowest BCUT2D eigenvalue weighted by molar-refractivity contribution is 0.147. The van der Waals surface area contributed by atoms with Gasteiger partial charge in [0.2, 0.25) is 5.28 Å². The molecule has 0 aromatic carbocycles. The molecule has 84 valence electrons. The Labute approximate surface area is 97.1 Å². The van der Waals surface area contributed by atoms with Gasteiger partial charge in [-0.25, -0.2) is 4.98 Å². The predicted octanol–water partition coefficient (Wildman–Crippen LogP) is 0.939. The molecule has 3 N–H and O–H groups in total. The Hall–Kier alpha value is -0.620. The van der Waals surface area contributed by atoms with Crippen LogP contribution in [0.3, 0.4) is 0 Å². The Kier molecular flexibility index (Phi) is 4.10. The standard InChI is InChI=1S/C8H11Cl2N3O2/c1-8(3-14,4-15)13-6-5(9)2-11-7(10)12-6/h2,14-15H,3-4H2,1H3,(H,11,12,13). The summed E-state index contributed by atoms with van der Waals surface area (Å²) in [5.41, 5.74) is -0.901. The van der Waals surface area contributed by atoms with E-state index in [1.165, 1.54) is 6.20 Å². The Morgan fingerprint density at radius 2 is 2.00 bits per heavy atom. The molecular weight excluding hydrogens is 241 g/mol. The van der Waals surface area contributed by atoms with Gasteiger partial charge >= 0.3 is 0 Å². The van der Waals surface area contributed by atoms with Gasteiger partial charge in [-0.1, -0.05) is 11.6 Å². The van der Waals surface area contributed by atoms with Crippen LogP contribution in [0.5, 0.6) is 0 Å². The molecule has 0 unspecified atom stereocenters. The molecule has 5 nitrogen and oxygen atoms in total. The van der Waals surface area contributed by atoms with E-state index in [9.17, 15) is 0 Å². The van der Waals surface area contributed by atoms with E-state index in [2.05, 4.69) is 15.3 Å². The molecule has 0 saturated carbocycles. The molecule has 0 fully saturated rings. The number of aromatic nitrogens is 2. The zero-order chi connectivity index (χ0) is 11.5. The van der Waals surface area contributed by atoms with Crippen LogP contribution in [0.4, 0.5) is 5.82 Å². The van der Waals surface area contributed by atoms with E-state index >= 15 is 0 Å². The fraction of sp³-hybridized carbons (Fsp3) is 0.500. The van der Waals surface area contributed by atoms with Crippen LogP contribution in [0.1, 0.15) is 6.92 Å². The van der Waals surface area contributed by atoms with E-state index in [1.54, 1.807) is 6.92 Å². The van der Waals surface area contributed by atoms with E-state index in [0.717, 1.165) is 0 Å². The molecular formula is C8H11Cl2N3O2. The number of nitrogens with one attached hydrogen (secondary N) is 1. The van der Waals surface area contributed by atoms with E-state index in [1.807, 2.05) is 0 Å². The van der Waals surface area contributed by atoms with Crippen molar-refractivity contribution in [2.45, 2.75) is 12.5 Å². The summed E-state index contributed by atoms with van der Waals surface area (Å²) in [4.78, 5) is 7.52. The van der Waals surface area contributed by atoms with Gasteiger partial charge in [0.15, 0.2) is 0 Å². The molecule has 0 radical (unpaired) electrons. The summed E-state index contributed by atoms with van der Waals surface area (Å²) in [5, 5.41) is 21.2. The van der Waals surface area contributed by atoms with Crippen molar-refractivity contribution in [2.24, 2.45) is 0 Å². The molecule has 0 saturated heterocycles. The minimum atomic E-state index is -0.901. The minimum Gasteiger partial charge on any atom is -0.394 e. The number of halogens is 2. The van der Waals surface area contributed by atoms with E-state index in [-0.39, 0.29) is 29.3 Å². The van der Waals surface area contributed by atoms with E-state index in [0.29, 0.717) is 0 Å². The molecule has 0 atom stereocenters. The summed E-state index contributed by atoms with van der Waals surface area (Å²) in [6, 6.07) is 0. The Morgan fingerprint density at radius 1 is 1.40 bits per heavy atom. The number of hydrogen-bond acceptors (Lipinski definition) is 5. The lowest BCUT2D eigenvalue weighted by Crippen LogP contribution is -2.42. The molecule has 0 aliphatic rings. The third-order valence-electron chi connectivity index (χ3n) is 1.83. The van der Waals surface area contributed by atoms with Crippen molar-refractivity contribution < 1.29 is 10.2 Å². The molecule has 7 heteroatoms. The molecule has 0 spiro atoms. The number of nitrogens with zero attached hydrogens (tertiary/aromatic N) is 2. The van der Waals surface area contributed by atoms with E-state index < -0.39 is 5.54 Å². The minimum absolute atomic E-state index is 0.0418. The van der Waals surface area contributed by atoms with Crippen LogP contribution in [0.25, 0.3) is 0 Å². The number of aliphatic hydroxyl groups is 2. The van der Waals surface area contributed by atoms with Crippen molar-refractivity contribution in [2.75, 3.05) is 18.5 Å². The van der Waals surface area contributed by atoms with Crippen LogP contribution < -0.4 is 5.32 Å². The highest BCUT2D eigenvalue weighted by atomic mass is 35.5. The molecule has 0 aliphatic carbocycles. The highest BCUT2D eigenvalue weighted by Crippen LogP contribution is 2.22. The summed E-state index contributed by atoms with van der Waals surface area (Å²) >= 11 is 11.4. The maximum atomic E-state index is 9.06. The molecule has 15 heavy (non-hydrogen) atoms. The molecule has 1 heterocycles. The van der Waals surface area contributed by atoms with Gasteiger partial charge in [-0.2, -0.15) is 4.98 Å². The monoisotopic (exact) mass is 251 g/mol. The molecule has 1 aromatic rings. The number of aliphatic hydroxyl groups excluding tert-OH is 2. The first-order valence-electron chi connectivity index (χ1n) is 4.19. The van der Waals surface area contributed by atoms with Crippen LogP contribution in [0, 0.1) is 0 Å². The smallest absolute Gasteiger partial charge is 0.224 e. The van der Waals surface area contributed by atoms with Crippen molar-refractivity contribution in [3.05, 3.63) is 16.5 Å². The second-order valence-corrected chi connectivity index (χ2v) is 4.08. The van der Waals surface area contributed by atoms with Crippen molar-refractivity contribution >= 4 is 29.0 Å². The van der Waals surface area contributed by atoms with Gasteiger partial charge in [0, 0.05) is 0 Å². The lowest BCUT2D eigenvalue weighted by Gasteiger charge is -2.27. The van der Waals surface area contributed by atoms with Gasteiger partial charge < -0.3 is 15.5 Å². The SMILES string of the molecule is CC(CO)(CO)Nc1nc(Cl)ncc1Cl. The second-order valence-electron chi connectivity index (χ2n) is 3.34. The Balaban J connectivity index is 2.92. The topological polar surface area (TPSA) is 78.3 Å². The second kappa shape index (κ2) is 4.94. The summed E-state index contributed by atoms with van der Waals surface area (Å²) in [6.45, 7) is 1.10. The molecule has 0 bridgehead atoms. The third-order valence-corrected chi connectivity index (χ3v) is 2.29. The van der Waals surface area contributed by atoms with Gasteiger partial charge in [0.1, 0.15) is 10.8 Å². The Morgan fingerprint density at radius 3 is 2.53 bits per heavy atom. The van der Waals surface area contributed by atoms with Crippen LogP contribution in [0.15, 0.2) is 6.20 Å². The fourth-order valence-electron chi connectivity index (χ4n) is 0.848. The van der Waals surface area contributed by atoms with Crippen molar-refractivity contribution in [3.8, 4) is 0 Å². The maximum Gasteiger partial charge on any atom is 0.224 e. The number of hydrogen-bond donors (Lipinski definition) is 3. The summed E-state index contributed by atoms with van der Waals surface area (Å²) in [6.07, 6.45) is 1.34. The van der Waals surface area contributed by atoms with Crippen molar-refractivity contribution in [1.29, 1.82) is 0 Å². The molecule has 0 amide bonds. The normalized spacial score (nSPS) is 11.5. The van der Waals surface area contributed by atoms with Gasteiger partial charge in [-0.3, -0.25) is 0 Å². The number of anilines is 1. The van der Waals surface area contributed by atoms with Gasteiger partial charge in [-0.05, 0) is 18.5 Å². The highest BCUT2D eigenvalue weighted by Gasteiger charge is 2.23. The predicted molar refractivity (Wildman–Crippen MR) is 58.3 cm³/mol. The first-order valence-corrected chi connectivity index (χ1v) is 4.94. The zero-order valence-corrected chi connectivity index (χ0v) is 9.55. The first-order chi connectivity index (χ1) is 7.00. The van der Waals surface area contributed by atoms with Crippen LogP contribution >= 0.6 is 23.2 Å². The van der Waals surface area contributed by atoms with Gasteiger partial charge in [-0.15, -0.1) is 0 Å². The van der Waals surface area contributed by atoms with E-state index in [4.69, 9.17) is 33.4 Å². The quantitative estimate of drug-likeness (QED) is 0.695. The summed E-state index contributed by atoms with van der Waals surface area (Å²) in [7, 11) is 0. The highest BCUT2D eigenvalue weighted by molar-refractivity contribution is 6.33. The van der Waals surface area contributed by atoms with Crippen LogP contribution in [-0.4, -0.2) is 38.9 Å². The summed E-state index contributed by atoms with van der Waals surface area (Å²) < 4.78 is 0. The third kappa shape index (κ3) is 3.17. The number of rotatable bonds is 4. The van der Waals surface area contributed by atoms with Crippen LogP contribution in [-0.2, 0) is 0 Å². The average Bonchev–Trinajstić information content (AvgIpc) is 2.23. The fourth-order valence-corrected chi connectivity index (χ4v) is 1.12. The van der Waals surface area contributed by atoms with Crippen LogP contribution in [0.2, 0.25) is 10.3 Å². The van der Waals surface area contributed by atoms with Gasteiger partial charge in [0.25, 0.3) is 0 Å².